The van der Waals surface area contributed by atoms with E-state index in [1.807, 2.05) is 43.3 Å². The van der Waals surface area contributed by atoms with Gasteiger partial charge in [-0.1, -0.05) is 31.2 Å². The zero-order valence-corrected chi connectivity index (χ0v) is 18.1. The van der Waals surface area contributed by atoms with Gasteiger partial charge in [0, 0.05) is 22.8 Å². The fourth-order valence-corrected chi connectivity index (χ4v) is 5.03. The van der Waals surface area contributed by atoms with Crippen molar-refractivity contribution in [3.05, 3.63) is 63.8 Å². The third-order valence-corrected chi connectivity index (χ3v) is 6.50. The largest absolute Gasteiger partial charge is 0.497 e. The van der Waals surface area contributed by atoms with Crippen molar-refractivity contribution in [2.75, 3.05) is 19.0 Å². The van der Waals surface area contributed by atoms with Crippen LogP contribution >= 0.6 is 11.3 Å². The van der Waals surface area contributed by atoms with Crippen molar-refractivity contribution in [1.82, 2.24) is 0 Å². The van der Waals surface area contributed by atoms with E-state index in [-0.39, 0.29) is 23.1 Å². The Morgan fingerprint density at radius 3 is 2.65 bits per heavy atom. The molecule has 2 aromatic carbocycles. The van der Waals surface area contributed by atoms with Gasteiger partial charge in [-0.05, 0) is 41.8 Å². The second-order valence-corrected chi connectivity index (χ2v) is 8.36. The van der Waals surface area contributed by atoms with Crippen LogP contribution in [0.4, 0.5) is 5.69 Å². The number of anilines is 1. The van der Waals surface area contributed by atoms with Crippen molar-refractivity contribution in [2.24, 2.45) is 0 Å². The molecule has 6 nitrogen and oxygen atoms in total. The van der Waals surface area contributed by atoms with Gasteiger partial charge < -0.3 is 19.9 Å². The number of methoxy groups -OCH3 is 1. The molecule has 1 aliphatic heterocycles. The molecule has 0 saturated heterocycles. The van der Waals surface area contributed by atoms with E-state index in [1.54, 1.807) is 19.2 Å². The summed E-state index contributed by atoms with van der Waals surface area (Å²) < 4.78 is 11.0. The van der Waals surface area contributed by atoms with Crippen LogP contribution in [-0.2, 0) is 4.79 Å². The van der Waals surface area contributed by atoms with Gasteiger partial charge in [0.2, 0.25) is 5.91 Å². The molecule has 0 aliphatic carbocycles. The topological polar surface area (TPSA) is 84.9 Å². The summed E-state index contributed by atoms with van der Waals surface area (Å²) >= 11 is 1.22. The molecule has 2 N–H and O–H groups in total. The molecule has 0 spiro atoms. The quantitative estimate of drug-likeness (QED) is 0.518. The summed E-state index contributed by atoms with van der Waals surface area (Å²) in [5.41, 5.74) is 2.76. The maximum absolute atomic E-state index is 12.6. The summed E-state index contributed by atoms with van der Waals surface area (Å²) in [7, 11) is 1.58. The van der Waals surface area contributed by atoms with E-state index in [4.69, 9.17) is 9.47 Å². The summed E-state index contributed by atoms with van der Waals surface area (Å²) in [5, 5.41) is 12.8. The molecule has 1 aliphatic rings. The van der Waals surface area contributed by atoms with Crippen LogP contribution in [0.25, 0.3) is 11.1 Å². The van der Waals surface area contributed by atoms with Crippen LogP contribution in [0.3, 0.4) is 0 Å². The molecule has 7 heteroatoms. The lowest BCUT2D eigenvalue weighted by Gasteiger charge is -2.24. The van der Waals surface area contributed by atoms with Crippen molar-refractivity contribution < 1.29 is 24.2 Å². The second-order valence-electron chi connectivity index (χ2n) is 7.30. The average molecular weight is 438 g/mol. The van der Waals surface area contributed by atoms with Crippen LogP contribution < -0.4 is 14.8 Å². The Morgan fingerprint density at radius 1 is 1.19 bits per heavy atom. The Bertz CT molecular complexity index is 1120. The van der Waals surface area contributed by atoms with Crippen LogP contribution in [0.5, 0.6) is 11.5 Å². The summed E-state index contributed by atoms with van der Waals surface area (Å²) in [4.78, 5) is 25.8. The van der Waals surface area contributed by atoms with E-state index in [1.165, 1.54) is 11.3 Å². The fraction of sp³-hybridized carbons (Fsp3) is 0.250. The first-order valence-corrected chi connectivity index (χ1v) is 10.9. The van der Waals surface area contributed by atoms with Gasteiger partial charge in [0.15, 0.2) is 0 Å². The Kier molecular flexibility index (Phi) is 5.95. The summed E-state index contributed by atoms with van der Waals surface area (Å²) in [6, 6.07) is 14.9. The number of carbonyl (C=O) groups excluding carboxylic acids is 1. The number of nitrogens with one attached hydrogen (secondary N) is 1. The molecule has 4 rings (SSSR count). The normalized spacial score (nSPS) is 15.2. The molecular weight excluding hydrogens is 414 g/mol. The van der Waals surface area contributed by atoms with Crippen molar-refractivity contribution >= 4 is 28.9 Å². The first-order valence-electron chi connectivity index (χ1n) is 10.1. The van der Waals surface area contributed by atoms with Gasteiger partial charge >= 0.3 is 5.97 Å². The SMILES string of the molecule is CCCOc1cccc(C2CC(=O)Nc3c2sc(C(=O)O)c3-c2ccc(OC)cc2)c1. The van der Waals surface area contributed by atoms with Gasteiger partial charge in [-0.3, -0.25) is 4.79 Å². The van der Waals surface area contributed by atoms with E-state index in [0.717, 1.165) is 28.2 Å². The molecule has 1 aromatic heterocycles. The number of benzene rings is 2. The minimum Gasteiger partial charge on any atom is -0.497 e. The van der Waals surface area contributed by atoms with Crippen LogP contribution in [-0.4, -0.2) is 30.7 Å². The number of carbonyl (C=O) groups is 2. The van der Waals surface area contributed by atoms with Crippen molar-refractivity contribution in [2.45, 2.75) is 25.7 Å². The van der Waals surface area contributed by atoms with E-state index < -0.39 is 5.97 Å². The van der Waals surface area contributed by atoms with Gasteiger partial charge in [0.1, 0.15) is 16.4 Å². The Balaban J connectivity index is 1.83. The van der Waals surface area contributed by atoms with Crippen LogP contribution in [0, 0.1) is 0 Å². The monoisotopic (exact) mass is 437 g/mol. The molecule has 3 aromatic rings. The molecule has 0 bridgehead atoms. The average Bonchev–Trinajstić information content (AvgIpc) is 3.17. The fourth-order valence-electron chi connectivity index (χ4n) is 3.78. The van der Waals surface area contributed by atoms with Gasteiger partial charge in [-0.25, -0.2) is 4.79 Å². The molecule has 1 amide bonds. The van der Waals surface area contributed by atoms with Crippen molar-refractivity contribution in [3.63, 3.8) is 0 Å². The highest BCUT2D eigenvalue weighted by atomic mass is 32.1. The Hall–Kier alpha value is -3.32. The maximum atomic E-state index is 12.6. The summed E-state index contributed by atoms with van der Waals surface area (Å²) in [6.45, 7) is 2.66. The molecule has 2 heterocycles. The number of carboxylic acid groups (broad SMARTS) is 1. The minimum atomic E-state index is -1.02. The Morgan fingerprint density at radius 2 is 1.97 bits per heavy atom. The van der Waals surface area contributed by atoms with Gasteiger partial charge in [0.25, 0.3) is 0 Å². The number of amides is 1. The standard InChI is InChI=1S/C24H23NO5S/c1-3-11-30-17-6-4-5-15(12-17)18-13-19(26)25-21-20(23(24(27)28)31-22(18)21)14-7-9-16(29-2)10-8-14/h4-10,12,18H,3,11,13H2,1-2H3,(H,25,26)(H,27,28). The third kappa shape index (κ3) is 4.14. The predicted molar refractivity (Wildman–Crippen MR) is 121 cm³/mol. The highest BCUT2D eigenvalue weighted by Gasteiger charge is 2.34. The van der Waals surface area contributed by atoms with Crippen molar-refractivity contribution in [3.8, 4) is 22.6 Å². The molecule has 1 unspecified atom stereocenters. The third-order valence-electron chi connectivity index (χ3n) is 5.21. The lowest BCUT2D eigenvalue weighted by atomic mass is 9.88. The maximum Gasteiger partial charge on any atom is 0.346 e. The van der Waals surface area contributed by atoms with E-state index >= 15 is 0 Å². The summed E-state index contributed by atoms with van der Waals surface area (Å²) in [5.74, 6) is 0.0388. The number of carboxylic acids is 1. The Labute approximate surface area is 184 Å². The second kappa shape index (κ2) is 8.81. The number of hydrogen-bond donors (Lipinski definition) is 2. The lowest BCUT2D eigenvalue weighted by Crippen LogP contribution is -2.22. The van der Waals surface area contributed by atoms with Crippen LogP contribution in [0.15, 0.2) is 48.5 Å². The summed E-state index contributed by atoms with van der Waals surface area (Å²) in [6.07, 6.45) is 1.16. The molecule has 31 heavy (non-hydrogen) atoms. The molecule has 0 fully saturated rings. The highest BCUT2D eigenvalue weighted by Crippen LogP contribution is 2.49. The van der Waals surface area contributed by atoms with Gasteiger partial charge in [-0.15, -0.1) is 11.3 Å². The molecule has 160 valence electrons. The van der Waals surface area contributed by atoms with Crippen LogP contribution in [0.1, 0.15) is 45.8 Å². The first-order chi connectivity index (χ1) is 15.0. The van der Waals surface area contributed by atoms with Gasteiger partial charge in [0.05, 0.1) is 19.4 Å². The van der Waals surface area contributed by atoms with E-state index in [2.05, 4.69) is 5.32 Å². The molecular formula is C24H23NO5S. The zero-order valence-electron chi connectivity index (χ0n) is 17.3. The predicted octanol–water partition coefficient (Wildman–Crippen LogP) is 5.38. The smallest absolute Gasteiger partial charge is 0.346 e. The lowest BCUT2D eigenvalue weighted by molar-refractivity contribution is -0.116. The molecule has 0 radical (unpaired) electrons. The zero-order chi connectivity index (χ0) is 22.0. The van der Waals surface area contributed by atoms with Crippen molar-refractivity contribution in [1.29, 1.82) is 0 Å². The number of rotatable bonds is 7. The van der Waals surface area contributed by atoms with Crippen LogP contribution in [0.2, 0.25) is 0 Å². The number of thiophene rings is 1. The first kappa shape index (κ1) is 20.9. The number of hydrogen-bond acceptors (Lipinski definition) is 5. The highest BCUT2D eigenvalue weighted by molar-refractivity contribution is 7.15. The minimum absolute atomic E-state index is 0.137. The van der Waals surface area contributed by atoms with E-state index in [9.17, 15) is 14.7 Å². The van der Waals surface area contributed by atoms with E-state index in [0.29, 0.717) is 23.6 Å². The number of aromatic carboxylic acids is 1. The molecule has 1 atom stereocenters. The molecule has 0 saturated carbocycles. The number of ether oxygens (including phenoxy) is 2. The number of fused-ring (bicyclic) bond motifs is 1. The van der Waals surface area contributed by atoms with Gasteiger partial charge in [-0.2, -0.15) is 0 Å².